The summed E-state index contributed by atoms with van der Waals surface area (Å²) in [7, 11) is 0. The standard InChI is InChI=1S/C16H16N2O2.C11H11NO/c1-3-11-6-5-7-13-12(11)8-9-14-15(16(19)20-4-2)17-10-18(13)14;1-2-8-4-3-5-10-9(8)6-7-11(13)12-10/h3,5-7,10H,1,4,8-9H2,2H3;2-5H,1,6-7H2,(H,12,13). The first-order chi connectivity index (χ1) is 16.1. The summed E-state index contributed by atoms with van der Waals surface area (Å²) in [6, 6.07) is 12.0. The average Bonchev–Trinajstić information content (AvgIpc) is 3.28. The van der Waals surface area contributed by atoms with Gasteiger partial charge in [-0.3, -0.25) is 4.79 Å². The Labute approximate surface area is 193 Å². The maximum Gasteiger partial charge on any atom is 0.358 e. The Kier molecular flexibility index (Phi) is 6.54. The number of carbonyl (C=O) groups is 2. The molecule has 1 N–H and O–H groups in total. The van der Waals surface area contributed by atoms with Crippen LogP contribution in [0.15, 0.2) is 55.9 Å². The van der Waals surface area contributed by atoms with Crippen molar-refractivity contribution in [1.29, 1.82) is 0 Å². The summed E-state index contributed by atoms with van der Waals surface area (Å²) in [5.41, 5.74) is 8.09. The number of rotatable bonds is 4. The Balaban J connectivity index is 0.000000172. The van der Waals surface area contributed by atoms with Crippen molar-refractivity contribution in [3.63, 3.8) is 0 Å². The molecule has 2 aromatic carbocycles. The first-order valence-corrected chi connectivity index (χ1v) is 11.1. The van der Waals surface area contributed by atoms with Crippen LogP contribution < -0.4 is 5.32 Å². The van der Waals surface area contributed by atoms with Crippen molar-refractivity contribution in [3.05, 3.63) is 89.5 Å². The van der Waals surface area contributed by atoms with E-state index in [-0.39, 0.29) is 11.9 Å². The molecule has 0 saturated heterocycles. The third-order valence-corrected chi connectivity index (χ3v) is 5.92. The second kappa shape index (κ2) is 9.69. The summed E-state index contributed by atoms with van der Waals surface area (Å²) in [6.07, 6.45) is 8.47. The lowest BCUT2D eigenvalue weighted by molar-refractivity contribution is -0.116. The molecule has 2 aliphatic rings. The number of aromatic nitrogens is 2. The second-order valence-electron chi connectivity index (χ2n) is 7.81. The molecular formula is C27H27N3O3. The topological polar surface area (TPSA) is 73.2 Å². The van der Waals surface area contributed by atoms with E-state index in [4.69, 9.17) is 4.74 Å². The molecule has 1 amide bonds. The van der Waals surface area contributed by atoms with E-state index in [1.807, 2.05) is 47.1 Å². The van der Waals surface area contributed by atoms with Gasteiger partial charge >= 0.3 is 5.97 Å². The normalized spacial score (nSPS) is 13.3. The summed E-state index contributed by atoms with van der Waals surface area (Å²) in [4.78, 5) is 27.2. The van der Waals surface area contributed by atoms with Crippen molar-refractivity contribution in [2.75, 3.05) is 11.9 Å². The maximum atomic E-state index is 11.9. The number of nitrogens with one attached hydrogen (secondary N) is 1. The summed E-state index contributed by atoms with van der Waals surface area (Å²) in [5.74, 6) is -0.238. The molecule has 6 nitrogen and oxygen atoms in total. The number of benzene rings is 2. The fraction of sp³-hybridized carbons (Fsp3) is 0.222. The first-order valence-electron chi connectivity index (χ1n) is 11.1. The highest BCUT2D eigenvalue weighted by Gasteiger charge is 2.25. The van der Waals surface area contributed by atoms with Crippen molar-refractivity contribution in [2.45, 2.75) is 32.6 Å². The summed E-state index contributed by atoms with van der Waals surface area (Å²) >= 11 is 0. The molecule has 0 bridgehead atoms. The number of esters is 1. The Morgan fingerprint density at radius 3 is 2.48 bits per heavy atom. The zero-order chi connectivity index (χ0) is 23.4. The van der Waals surface area contributed by atoms with Gasteiger partial charge in [0.05, 0.1) is 18.0 Å². The minimum absolute atomic E-state index is 0.105. The van der Waals surface area contributed by atoms with Crippen molar-refractivity contribution < 1.29 is 14.3 Å². The SMILES string of the molecule is C=Cc1cccc2c1CCC(=O)N2.C=Cc1cccc2c1CCc1c(C(=O)OCC)ncn1-2. The molecule has 2 aliphatic heterocycles. The van der Waals surface area contributed by atoms with Gasteiger partial charge in [0.15, 0.2) is 5.69 Å². The van der Waals surface area contributed by atoms with E-state index in [9.17, 15) is 9.59 Å². The number of ether oxygens (including phenoxy) is 1. The molecule has 0 aliphatic carbocycles. The molecule has 0 radical (unpaired) electrons. The van der Waals surface area contributed by atoms with E-state index in [0.717, 1.165) is 47.5 Å². The van der Waals surface area contributed by atoms with Crippen LogP contribution in [0.4, 0.5) is 5.69 Å². The van der Waals surface area contributed by atoms with Crippen LogP contribution in [0.3, 0.4) is 0 Å². The van der Waals surface area contributed by atoms with Crippen LogP contribution in [0.2, 0.25) is 0 Å². The van der Waals surface area contributed by atoms with E-state index in [2.05, 4.69) is 29.5 Å². The fourth-order valence-corrected chi connectivity index (χ4v) is 4.36. The number of nitrogens with zero attached hydrogens (tertiary/aromatic N) is 2. The highest BCUT2D eigenvalue weighted by atomic mass is 16.5. The third kappa shape index (κ3) is 4.37. The van der Waals surface area contributed by atoms with Crippen LogP contribution in [-0.2, 0) is 28.8 Å². The van der Waals surface area contributed by atoms with Crippen LogP contribution in [0.25, 0.3) is 17.8 Å². The smallest absolute Gasteiger partial charge is 0.358 e. The minimum atomic E-state index is -0.343. The Morgan fingerprint density at radius 1 is 1.06 bits per heavy atom. The van der Waals surface area contributed by atoms with Gasteiger partial charge in [-0.2, -0.15) is 0 Å². The molecule has 5 rings (SSSR count). The first kappa shape index (κ1) is 22.3. The van der Waals surface area contributed by atoms with Gasteiger partial charge in [-0.1, -0.05) is 49.6 Å². The number of hydrogen-bond acceptors (Lipinski definition) is 4. The van der Waals surface area contributed by atoms with E-state index in [0.29, 0.717) is 18.7 Å². The predicted octanol–water partition coefficient (Wildman–Crippen LogP) is 5.00. The fourth-order valence-electron chi connectivity index (χ4n) is 4.36. The molecular weight excluding hydrogens is 414 g/mol. The predicted molar refractivity (Wildman–Crippen MR) is 131 cm³/mol. The van der Waals surface area contributed by atoms with Gasteiger partial charge in [0.25, 0.3) is 0 Å². The van der Waals surface area contributed by atoms with Crippen LogP contribution in [0, 0.1) is 0 Å². The van der Waals surface area contributed by atoms with Crippen LogP contribution in [-0.4, -0.2) is 28.0 Å². The van der Waals surface area contributed by atoms with Gasteiger partial charge in [0.2, 0.25) is 5.91 Å². The molecule has 3 aromatic rings. The lowest BCUT2D eigenvalue weighted by Gasteiger charge is -2.21. The number of hydrogen-bond donors (Lipinski definition) is 1. The van der Waals surface area contributed by atoms with Gasteiger partial charge < -0.3 is 14.6 Å². The molecule has 3 heterocycles. The van der Waals surface area contributed by atoms with Gasteiger partial charge in [-0.05, 0) is 60.6 Å². The molecule has 0 spiro atoms. The maximum absolute atomic E-state index is 11.9. The molecule has 0 fully saturated rings. The number of carbonyl (C=O) groups excluding carboxylic acids is 2. The van der Waals surface area contributed by atoms with Crippen LogP contribution in [0.1, 0.15) is 51.8 Å². The Bertz CT molecular complexity index is 1240. The average molecular weight is 442 g/mol. The quantitative estimate of drug-likeness (QED) is 0.578. The molecule has 0 unspecified atom stereocenters. The molecule has 0 saturated carbocycles. The van der Waals surface area contributed by atoms with Gasteiger partial charge in [0.1, 0.15) is 6.33 Å². The monoisotopic (exact) mass is 441 g/mol. The number of fused-ring (bicyclic) bond motifs is 4. The zero-order valence-corrected chi connectivity index (χ0v) is 18.8. The van der Waals surface area contributed by atoms with Crippen molar-refractivity contribution in [2.24, 2.45) is 0 Å². The largest absolute Gasteiger partial charge is 0.461 e. The highest BCUT2D eigenvalue weighted by molar-refractivity contribution is 5.94. The van der Waals surface area contributed by atoms with Crippen molar-refractivity contribution >= 4 is 29.7 Å². The van der Waals surface area contributed by atoms with Crippen molar-refractivity contribution in [3.8, 4) is 5.69 Å². The summed E-state index contributed by atoms with van der Waals surface area (Å²) < 4.78 is 7.04. The Morgan fingerprint density at radius 2 is 1.76 bits per heavy atom. The van der Waals surface area contributed by atoms with E-state index < -0.39 is 0 Å². The van der Waals surface area contributed by atoms with Crippen LogP contribution >= 0.6 is 0 Å². The molecule has 6 heteroatoms. The van der Waals surface area contributed by atoms with Gasteiger partial charge in [0, 0.05) is 12.1 Å². The summed E-state index contributed by atoms with van der Waals surface area (Å²) in [5, 5.41) is 2.85. The number of amides is 1. The molecule has 33 heavy (non-hydrogen) atoms. The zero-order valence-electron chi connectivity index (χ0n) is 18.8. The van der Waals surface area contributed by atoms with Crippen molar-refractivity contribution in [1.82, 2.24) is 9.55 Å². The highest BCUT2D eigenvalue weighted by Crippen LogP contribution is 2.29. The van der Waals surface area contributed by atoms with Gasteiger partial charge in [-0.15, -0.1) is 0 Å². The molecule has 0 atom stereocenters. The number of imidazole rings is 1. The molecule has 168 valence electrons. The van der Waals surface area contributed by atoms with E-state index in [1.54, 1.807) is 13.3 Å². The van der Waals surface area contributed by atoms with Crippen LogP contribution in [0.5, 0.6) is 0 Å². The lowest BCUT2D eigenvalue weighted by Crippen LogP contribution is -2.19. The second-order valence-corrected chi connectivity index (χ2v) is 7.81. The molecule has 1 aromatic heterocycles. The summed E-state index contributed by atoms with van der Waals surface area (Å²) in [6.45, 7) is 9.76. The van der Waals surface area contributed by atoms with E-state index in [1.165, 1.54) is 11.1 Å². The van der Waals surface area contributed by atoms with Gasteiger partial charge in [-0.25, -0.2) is 9.78 Å². The number of anilines is 1. The Hall–Kier alpha value is -3.93. The third-order valence-electron chi connectivity index (χ3n) is 5.92. The van der Waals surface area contributed by atoms with E-state index >= 15 is 0 Å². The minimum Gasteiger partial charge on any atom is -0.461 e. The lowest BCUT2D eigenvalue weighted by atomic mass is 9.96.